The van der Waals surface area contributed by atoms with E-state index in [4.69, 9.17) is 10.00 Å². The van der Waals surface area contributed by atoms with Crippen molar-refractivity contribution in [2.24, 2.45) is 0 Å². The van der Waals surface area contributed by atoms with Crippen molar-refractivity contribution in [3.8, 4) is 11.8 Å². The van der Waals surface area contributed by atoms with E-state index >= 15 is 0 Å². The Hall–Kier alpha value is -2.09. The van der Waals surface area contributed by atoms with Crippen LogP contribution in [0, 0.1) is 17.1 Å². The van der Waals surface area contributed by atoms with Gasteiger partial charge in [0.05, 0.1) is 13.2 Å². The molecule has 0 aliphatic rings. The van der Waals surface area contributed by atoms with E-state index in [-0.39, 0.29) is 18.1 Å². The summed E-state index contributed by atoms with van der Waals surface area (Å²) in [6.07, 6.45) is -0.232. The minimum atomic E-state index is -0.545. The second-order valence-corrected chi connectivity index (χ2v) is 3.11. The van der Waals surface area contributed by atoms with Crippen molar-refractivity contribution in [2.45, 2.75) is 6.42 Å². The van der Waals surface area contributed by atoms with Crippen LogP contribution >= 0.6 is 0 Å². The Labute approximate surface area is 92.8 Å². The molecule has 1 rings (SSSR count). The molecule has 0 radical (unpaired) electrons. The van der Waals surface area contributed by atoms with Crippen molar-refractivity contribution >= 4 is 11.6 Å². The van der Waals surface area contributed by atoms with E-state index in [1.54, 1.807) is 12.1 Å². The summed E-state index contributed by atoms with van der Waals surface area (Å²) < 4.78 is 18.1. The summed E-state index contributed by atoms with van der Waals surface area (Å²) in [5.74, 6) is -0.812. The highest BCUT2D eigenvalue weighted by atomic mass is 19.1. The number of amides is 1. The zero-order valence-corrected chi connectivity index (χ0v) is 9.03. The van der Waals surface area contributed by atoms with Crippen LogP contribution in [0.25, 0.3) is 0 Å². The van der Waals surface area contributed by atoms with Crippen molar-refractivity contribution in [1.29, 1.82) is 5.26 Å². The second-order valence-electron chi connectivity index (χ2n) is 3.11. The molecule has 0 saturated carbocycles. The Morgan fingerprint density at radius 1 is 1.62 bits per heavy atom. The number of methoxy groups -OCH3 is 1. The number of nitrogens with zero attached hydrogens (tertiary/aromatic N) is 2. The first-order valence-electron chi connectivity index (χ1n) is 4.57. The SMILES string of the molecule is COc1ccc(N(C)C(=O)CC#N)cc1F. The number of halogens is 1. The lowest BCUT2D eigenvalue weighted by Gasteiger charge is -2.16. The van der Waals surface area contributed by atoms with Gasteiger partial charge in [-0.2, -0.15) is 5.26 Å². The van der Waals surface area contributed by atoms with E-state index in [0.717, 1.165) is 0 Å². The number of hydrogen-bond donors (Lipinski definition) is 0. The van der Waals surface area contributed by atoms with Crippen LogP contribution in [-0.2, 0) is 4.79 Å². The molecule has 0 aliphatic heterocycles. The van der Waals surface area contributed by atoms with Crippen LogP contribution in [-0.4, -0.2) is 20.1 Å². The Kier molecular flexibility index (Phi) is 3.84. The third-order valence-corrected chi connectivity index (χ3v) is 2.13. The number of ether oxygens (including phenoxy) is 1. The maximum Gasteiger partial charge on any atom is 0.240 e. The lowest BCUT2D eigenvalue weighted by molar-refractivity contribution is -0.117. The standard InChI is InChI=1S/C11H11FN2O2/c1-14(11(15)5-6-13)8-3-4-10(16-2)9(12)7-8/h3-4,7H,5H2,1-2H3. The molecule has 0 saturated heterocycles. The smallest absolute Gasteiger partial charge is 0.240 e. The third kappa shape index (κ3) is 2.48. The molecule has 16 heavy (non-hydrogen) atoms. The summed E-state index contributed by atoms with van der Waals surface area (Å²) in [6.45, 7) is 0. The van der Waals surface area contributed by atoms with Crippen molar-refractivity contribution in [1.82, 2.24) is 0 Å². The van der Waals surface area contributed by atoms with Gasteiger partial charge >= 0.3 is 0 Å². The van der Waals surface area contributed by atoms with Crippen molar-refractivity contribution in [2.75, 3.05) is 19.1 Å². The highest BCUT2D eigenvalue weighted by Gasteiger charge is 2.12. The van der Waals surface area contributed by atoms with Gasteiger partial charge in [0.2, 0.25) is 5.91 Å². The Morgan fingerprint density at radius 3 is 2.81 bits per heavy atom. The van der Waals surface area contributed by atoms with E-state index in [2.05, 4.69) is 0 Å². The van der Waals surface area contributed by atoms with E-state index in [9.17, 15) is 9.18 Å². The van der Waals surface area contributed by atoms with E-state index < -0.39 is 5.82 Å². The molecular weight excluding hydrogens is 211 g/mol. The fourth-order valence-corrected chi connectivity index (χ4v) is 1.19. The summed E-state index contributed by atoms with van der Waals surface area (Å²) in [5.41, 5.74) is 0.388. The topological polar surface area (TPSA) is 53.3 Å². The highest BCUT2D eigenvalue weighted by Crippen LogP contribution is 2.22. The van der Waals surface area contributed by atoms with Crippen LogP contribution in [0.4, 0.5) is 10.1 Å². The van der Waals surface area contributed by atoms with Gasteiger partial charge in [0.25, 0.3) is 0 Å². The summed E-state index contributed by atoms with van der Waals surface area (Å²) in [7, 11) is 2.85. The number of benzene rings is 1. The molecule has 0 heterocycles. The zero-order valence-electron chi connectivity index (χ0n) is 9.03. The molecule has 5 heteroatoms. The van der Waals surface area contributed by atoms with Crippen LogP contribution in [0.3, 0.4) is 0 Å². The molecule has 84 valence electrons. The number of carbonyl (C=O) groups excluding carboxylic acids is 1. The molecule has 0 spiro atoms. The molecule has 0 bridgehead atoms. The summed E-state index contributed by atoms with van der Waals surface area (Å²) in [6, 6.07) is 5.92. The second kappa shape index (κ2) is 5.12. The minimum Gasteiger partial charge on any atom is -0.494 e. The molecule has 0 atom stereocenters. The van der Waals surface area contributed by atoms with Crippen LogP contribution in [0.5, 0.6) is 5.75 Å². The lowest BCUT2D eigenvalue weighted by Crippen LogP contribution is -2.25. The van der Waals surface area contributed by atoms with E-state index in [1.165, 1.54) is 31.2 Å². The quantitative estimate of drug-likeness (QED) is 0.782. The molecule has 0 fully saturated rings. The van der Waals surface area contributed by atoms with Crippen molar-refractivity contribution in [3.05, 3.63) is 24.0 Å². The normalized spacial score (nSPS) is 9.38. The average molecular weight is 222 g/mol. The van der Waals surface area contributed by atoms with Gasteiger partial charge in [0.15, 0.2) is 11.6 Å². The Bertz CT molecular complexity index is 440. The Morgan fingerprint density at radius 2 is 2.31 bits per heavy atom. The number of rotatable bonds is 3. The molecule has 1 amide bonds. The first kappa shape index (κ1) is 12.0. The first-order valence-corrected chi connectivity index (χ1v) is 4.57. The number of carbonyl (C=O) groups is 1. The maximum absolute atomic E-state index is 13.3. The number of nitriles is 1. The van der Waals surface area contributed by atoms with Gasteiger partial charge in [-0.25, -0.2) is 4.39 Å². The van der Waals surface area contributed by atoms with Crippen LogP contribution in [0.2, 0.25) is 0 Å². The fourth-order valence-electron chi connectivity index (χ4n) is 1.19. The van der Waals surface area contributed by atoms with Gasteiger partial charge in [-0.05, 0) is 12.1 Å². The molecule has 1 aromatic carbocycles. The molecule has 4 nitrogen and oxygen atoms in total. The zero-order chi connectivity index (χ0) is 12.1. The predicted octanol–water partition coefficient (Wildman–Crippen LogP) is 1.71. The van der Waals surface area contributed by atoms with Crippen molar-refractivity contribution in [3.63, 3.8) is 0 Å². The van der Waals surface area contributed by atoms with Gasteiger partial charge in [-0.1, -0.05) is 0 Å². The number of hydrogen-bond acceptors (Lipinski definition) is 3. The summed E-state index contributed by atoms with van der Waals surface area (Å²) in [4.78, 5) is 12.6. The van der Waals surface area contributed by atoms with Gasteiger partial charge in [0.1, 0.15) is 6.42 Å². The van der Waals surface area contributed by atoms with Crippen molar-refractivity contribution < 1.29 is 13.9 Å². The lowest BCUT2D eigenvalue weighted by atomic mass is 10.2. The van der Waals surface area contributed by atoms with E-state index in [0.29, 0.717) is 5.69 Å². The van der Waals surface area contributed by atoms with E-state index in [1.807, 2.05) is 0 Å². The molecule has 0 unspecified atom stereocenters. The largest absolute Gasteiger partial charge is 0.494 e. The van der Waals surface area contributed by atoms with Crippen LogP contribution in [0.15, 0.2) is 18.2 Å². The third-order valence-electron chi connectivity index (χ3n) is 2.13. The van der Waals surface area contributed by atoms with Gasteiger partial charge in [-0.3, -0.25) is 4.79 Å². The highest BCUT2D eigenvalue weighted by molar-refractivity contribution is 5.94. The molecular formula is C11H11FN2O2. The van der Waals surface area contributed by atoms with Gasteiger partial charge in [0, 0.05) is 18.8 Å². The Balaban J connectivity index is 2.93. The summed E-state index contributed by atoms with van der Waals surface area (Å²) >= 11 is 0. The van der Waals surface area contributed by atoms with Crippen LogP contribution in [0.1, 0.15) is 6.42 Å². The molecule has 0 aliphatic carbocycles. The monoisotopic (exact) mass is 222 g/mol. The maximum atomic E-state index is 13.3. The fraction of sp³-hybridized carbons (Fsp3) is 0.273. The van der Waals surface area contributed by atoms with Gasteiger partial charge in [-0.15, -0.1) is 0 Å². The molecule has 1 aromatic rings. The van der Waals surface area contributed by atoms with Crippen LogP contribution < -0.4 is 9.64 Å². The summed E-state index contributed by atoms with van der Waals surface area (Å²) in [5, 5.41) is 8.38. The average Bonchev–Trinajstić information content (AvgIpc) is 2.28. The minimum absolute atomic E-state index is 0.116. The number of anilines is 1. The predicted molar refractivity (Wildman–Crippen MR) is 56.6 cm³/mol. The first-order chi connectivity index (χ1) is 7.60. The molecule has 0 aromatic heterocycles. The molecule has 0 N–H and O–H groups in total. The van der Waals surface area contributed by atoms with Gasteiger partial charge < -0.3 is 9.64 Å².